The van der Waals surface area contributed by atoms with E-state index < -0.39 is 0 Å². The fourth-order valence-electron chi connectivity index (χ4n) is 3.86. The number of rotatable bonds is 2. The Bertz CT molecular complexity index is 734. The highest BCUT2D eigenvalue weighted by molar-refractivity contribution is 5.89. The Balaban J connectivity index is 1.59. The van der Waals surface area contributed by atoms with Crippen LogP contribution in [0.1, 0.15) is 24.6 Å². The molecule has 0 unspecified atom stereocenters. The smallest absolute Gasteiger partial charge is 0.165 e. The van der Waals surface area contributed by atoms with Crippen molar-refractivity contribution in [1.82, 2.24) is 19.9 Å². The summed E-state index contributed by atoms with van der Waals surface area (Å²) in [5.74, 6) is 0.902. The minimum atomic E-state index is 0.333. The average Bonchev–Trinajstić information content (AvgIpc) is 2.88. The van der Waals surface area contributed by atoms with E-state index in [1.54, 1.807) is 6.33 Å². The number of morpholine rings is 1. The molecule has 2 fully saturated rings. The third-order valence-corrected chi connectivity index (χ3v) is 4.86. The van der Waals surface area contributed by atoms with E-state index >= 15 is 0 Å². The Morgan fingerprint density at radius 2 is 2.13 bits per heavy atom. The lowest BCUT2D eigenvalue weighted by atomic mass is 10.1. The Morgan fingerprint density at radius 1 is 1.26 bits per heavy atom. The van der Waals surface area contributed by atoms with Crippen LogP contribution in [0.4, 0.5) is 5.82 Å². The predicted molar refractivity (Wildman–Crippen MR) is 89.6 cm³/mol. The van der Waals surface area contributed by atoms with Crippen LogP contribution in [0.15, 0.2) is 12.4 Å². The number of pyridine rings is 1. The molecule has 4 rings (SSSR count). The maximum absolute atomic E-state index is 5.79. The molecule has 0 spiro atoms. The third-order valence-electron chi connectivity index (χ3n) is 4.86. The van der Waals surface area contributed by atoms with Crippen LogP contribution in [-0.2, 0) is 4.74 Å². The quantitative estimate of drug-likeness (QED) is 0.914. The SMILES string of the molecule is Cc1cc(C)c2c(N[C@@H]3C[C@H]4CO[C@H](C)CN4C3)ncnc2n1. The first-order valence-electron chi connectivity index (χ1n) is 8.31. The zero-order valence-corrected chi connectivity index (χ0v) is 13.9. The van der Waals surface area contributed by atoms with Gasteiger partial charge < -0.3 is 10.1 Å². The predicted octanol–water partition coefficient (Wildman–Crippen LogP) is 1.92. The summed E-state index contributed by atoms with van der Waals surface area (Å²) in [6.07, 6.45) is 3.03. The molecule has 0 bridgehead atoms. The van der Waals surface area contributed by atoms with Gasteiger partial charge in [0.15, 0.2) is 5.65 Å². The van der Waals surface area contributed by atoms with Crippen molar-refractivity contribution in [3.63, 3.8) is 0 Å². The average molecular weight is 313 g/mol. The maximum atomic E-state index is 5.79. The van der Waals surface area contributed by atoms with Gasteiger partial charge in [-0.2, -0.15) is 0 Å². The first-order valence-corrected chi connectivity index (χ1v) is 8.31. The van der Waals surface area contributed by atoms with Crippen molar-refractivity contribution < 1.29 is 4.74 Å². The molecule has 0 radical (unpaired) electrons. The molecule has 0 aromatic carbocycles. The summed E-state index contributed by atoms with van der Waals surface area (Å²) in [4.78, 5) is 15.9. The monoisotopic (exact) mass is 313 g/mol. The van der Waals surface area contributed by atoms with Gasteiger partial charge in [0.1, 0.15) is 12.1 Å². The van der Waals surface area contributed by atoms with Gasteiger partial charge in [-0.3, -0.25) is 4.90 Å². The fourth-order valence-corrected chi connectivity index (χ4v) is 3.86. The molecule has 6 heteroatoms. The number of nitrogens with zero attached hydrogens (tertiary/aromatic N) is 4. The molecule has 2 aliphatic rings. The van der Waals surface area contributed by atoms with Gasteiger partial charge in [0, 0.05) is 30.9 Å². The van der Waals surface area contributed by atoms with Crippen molar-refractivity contribution in [3.05, 3.63) is 23.7 Å². The van der Waals surface area contributed by atoms with Crippen LogP contribution in [-0.4, -0.2) is 57.7 Å². The van der Waals surface area contributed by atoms with E-state index in [4.69, 9.17) is 4.74 Å². The second-order valence-corrected chi connectivity index (χ2v) is 6.83. The molecule has 0 amide bonds. The van der Waals surface area contributed by atoms with Gasteiger partial charge >= 0.3 is 0 Å². The van der Waals surface area contributed by atoms with Crippen molar-refractivity contribution in [2.75, 3.05) is 25.0 Å². The molecule has 0 aliphatic carbocycles. The van der Waals surface area contributed by atoms with Gasteiger partial charge in [0.05, 0.1) is 18.1 Å². The molecular formula is C17H23N5O. The number of fused-ring (bicyclic) bond motifs is 2. The van der Waals surface area contributed by atoms with Gasteiger partial charge in [-0.25, -0.2) is 15.0 Å². The fraction of sp³-hybridized carbons (Fsp3) is 0.588. The van der Waals surface area contributed by atoms with E-state index in [1.807, 2.05) is 6.92 Å². The van der Waals surface area contributed by atoms with Gasteiger partial charge in [0.25, 0.3) is 0 Å². The van der Waals surface area contributed by atoms with Crippen LogP contribution in [0.2, 0.25) is 0 Å². The Labute approximate surface area is 136 Å². The molecule has 23 heavy (non-hydrogen) atoms. The molecule has 2 aromatic heterocycles. The highest BCUT2D eigenvalue weighted by atomic mass is 16.5. The number of anilines is 1. The molecule has 122 valence electrons. The summed E-state index contributed by atoms with van der Waals surface area (Å²) < 4.78 is 5.79. The number of hydrogen-bond donors (Lipinski definition) is 1. The van der Waals surface area contributed by atoms with Crippen molar-refractivity contribution in [2.45, 2.75) is 45.4 Å². The summed E-state index contributed by atoms with van der Waals surface area (Å²) in [6, 6.07) is 3.01. The van der Waals surface area contributed by atoms with Crippen molar-refractivity contribution >= 4 is 16.9 Å². The zero-order valence-electron chi connectivity index (χ0n) is 13.9. The minimum Gasteiger partial charge on any atom is -0.376 e. The molecule has 1 N–H and O–H groups in total. The van der Waals surface area contributed by atoms with Crippen LogP contribution >= 0.6 is 0 Å². The van der Waals surface area contributed by atoms with Crippen molar-refractivity contribution in [1.29, 1.82) is 0 Å². The Kier molecular flexibility index (Phi) is 3.66. The molecular weight excluding hydrogens is 290 g/mol. The zero-order chi connectivity index (χ0) is 16.0. The van der Waals surface area contributed by atoms with Crippen LogP contribution in [0.5, 0.6) is 0 Å². The molecule has 4 heterocycles. The third kappa shape index (κ3) is 2.77. The molecule has 2 aliphatic heterocycles. The topological polar surface area (TPSA) is 63.2 Å². The number of ether oxygens (including phenoxy) is 1. The molecule has 3 atom stereocenters. The van der Waals surface area contributed by atoms with E-state index in [-0.39, 0.29) is 0 Å². The largest absolute Gasteiger partial charge is 0.376 e. The molecule has 0 saturated carbocycles. The maximum Gasteiger partial charge on any atom is 0.165 e. The lowest BCUT2D eigenvalue weighted by Crippen LogP contribution is -2.45. The number of aryl methyl sites for hydroxylation is 2. The molecule has 6 nitrogen and oxygen atoms in total. The van der Waals surface area contributed by atoms with Crippen LogP contribution in [0.3, 0.4) is 0 Å². The van der Waals surface area contributed by atoms with E-state index in [2.05, 4.69) is 45.1 Å². The first kappa shape index (κ1) is 14.8. The highest BCUT2D eigenvalue weighted by Gasteiger charge is 2.36. The number of hydrogen-bond acceptors (Lipinski definition) is 6. The second kappa shape index (κ2) is 5.69. The normalized spacial score (nSPS) is 28.0. The van der Waals surface area contributed by atoms with Gasteiger partial charge in [-0.05, 0) is 38.8 Å². The Hall–Kier alpha value is -1.79. The standard InChI is InChI=1S/C17H23N5O/c1-10-4-11(2)20-16-15(10)17(19-9-18-16)21-13-5-14-8-23-12(3)6-22(14)7-13/h4,9,12-14H,5-8H2,1-3H3,(H,18,19,20,21)/t12-,13-,14+/m1/s1. The van der Waals surface area contributed by atoms with E-state index in [0.717, 1.165) is 48.7 Å². The molecule has 2 saturated heterocycles. The van der Waals surface area contributed by atoms with Crippen LogP contribution < -0.4 is 5.32 Å². The van der Waals surface area contributed by atoms with Crippen LogP contribution in [0, 0.1) is 13.8 Å². The summed E-state index contributed by atoms with van der Waals surface area (Å²) in [5, 5.41) is 4.66. The van der Waals surface area contributed by atoms with Crippen molar-refractivity contribution in [3.8, 4) is 0 Å². The first-order chi connectivity index (χ1) is 11.1. The second-order valence-electron chi connectivity index (χ2n) is 6.83. The van der Waals surface area contributed by atoms with Gasteiger partial charge in [0.2, 0.25) is 0 Å². The van der Waals surface area contributed by atoms with Gasteiger partial charge in [-0.15, -0.1) is 0 Å². The summed E-state index contributed by atoms with van der Waals surface area (Å²) in [7, 11) is 0. The summed E-state index contributed by atoms with van der Waals surface area (Å²) >= 11 is 0. The van der Waals surface area contributed by atoms with E-state index in [0.29, 0.717) is 18.2 Å². The highest BCUT2D eigenvalue weighted by Crippen LogP contribution is 2.28. The summed E-state index contributed by atoms with van der Waals surface area (Å²) in [6.45, 7) is 9.14. The minimum absolute atomic E-state index is 0.333. The molecule has 2 aromatic rings. The summed E-state index contributed by atoms with van der Waals surface area (Å²) in [5.41, 5.74) is 2.93. The lowest BCUT2D eigenvalue weighted by Gasteiger charge is -2.33. The number of aromatic nitrogens is 3. The van der Waals surface area contributed by atoms with Gasteiger partial charge in [-0.1, -0.05) is 0 Å². The Morgan fingerprint density at radius 3 is 3.00 bits per heavy atom. The van der Waals surface area contributed by atoms with Crippen LogP contribution in [0.25, 0.3) is 11.0 Å². The lowest BCUT2D eigenvalue weighted by molar-refractivity contribution is -0.0390. The van der Waals surface area contributed by atoms with E-state index in [9.17, 15) is 0 Å². The van der Waals surface area contributed by atoms with E-state index in [1.165, 1.54) is 5.56 Å². The van der Waals surface area contributed by atoms with Crippen molar-refractivity contribution in [2.24, 2.45) is 0 Å². The number of nitrogens with one attached hydrogen (secondary N) is 1.